The predicted octanol–water partition coefficient (Wildman–Crippen LogP) is 4.13. The molecule has 5 nitrogen and oxygen atoms in total. The number of halogens is 4. The first-order valence-electron chi connectivity index (χ1n) is 5.92. The van der Waals surface area contributed by atoms with Crippen LogP contribution in [0.4, 0.5) is 23.2 Å². The molecule has 118 valence electrons. The lowest BCUT2D eigenvalue weighted by Crippen LogP contribution is -2.33. The number of benzene rings is 1. The highest BCUT2D eigenvalue weighted by molar-refractivity contribution is 5.64. The summed E-state index contributed by atoms with van der Waals surface area (Å²) in [5.74, 6) is -4.44. The Morgan fingerprint density at radius 1 is 1.32 bits per heavy atom. The van der Waals surface area contributed by atoms with E-state index in [1.807, 2.05) is 0 Å². The number of furan rings is 1. The maximum absolute atomic E-state index is 12.8. The van der Waals surface area contributed by atoms with Gasteiger partial charge in [0, 0.05) is 11.6 Å². The minimum Gasteiger partial charge on any atom is -0.487 e. The number of alkyl halides is 4. The molecule has 0 bridgehead atoms. The molecule has 1 aromatic heterocycles. The summed E-state index contributed by atoms with van der Waals surface area (Å²) in [5, 5.41) is 10.8. The zero-order chi connectivity index (χ0) is 16.3. The predicted molar refractivity (Wildman–Crippen MR) is 67.2 cm³/mol. The molecular weight excluding hydrogens is 310 g/mol. The third-order valence-electron chi connectivity index (χ3n) is 2.66. The molecule has 0 saturated carbocycles. The van der Waals surface area contributed by atoms with Crippen LogP contribution in [0, 0.1) is 10.1 Å². The van der Waals surface area contributed by atoms with Crippen molar-refractivity contribution in [3.05, 3.63) is 46.7 Å². The molecule has 0 spiro atoms. The quantitative estimate of drug-likeness (QED) is 0.456. The van der Waals surface area contributed by atoms with Gasteiger partial charge in [0.1, 0.15) is 11.5 Å². The van der Waals surface area contributed by atoms with Crippen molar-refractivity contribution in [2.24, 2.45) is 0 Å². The summed E-state index contributed by atoms with van der Waals surface area (Å²) in [6.07, 6.45) is -2.57. The van der Waals surface area contributed by atoms with Gasteiger partial charge in [-0.25, -0.2) is 8.78 Å². The van der Waals surface area contributed by atoms with Crippen molar-refractivity contribution in [3.63, 3.8) is 0 Å². The monoisotopic (exact) mass is 319 g/mol. The van der Waals surface area contributed by atoms with Crippen LogP contribution >= 0.6 is 0 Å². The van der Waals surface area contributed by atoms with Crippen LogP contribution in [-0.4, -0.2) is 23.9 Å². The van der Waals surface area contributed by atoms with E-state index in [9.17, 15) is 27.7 Å². The summed E-state index contributed by atoms with van der Waals surface area (Å²) in [4.78, 5) is 10.1. The number of ether oxygens (including phenoxy) is 1. The second kappa shape index (κ2) is 6.04. The smallest absolute Gasteiger partial charge is 0.340 e. The van der Waals surface area contributed by atoms with Gasteiger partial charge < -0.3 is 9.15 Å². The molecule has 0 N–H and O–H groups in total. The average Bonchev–Trinajstić information content (AvgIpc) is 2.99. The maximum atomic E-state index is 12.8. The summed E-state index contributed by atoms with van der Waals surface area (Å²) in [6.45, 7) is -1.59. The first kappa shape index (κ1) is 15.8. The third kappa shape index (κ3) is 3.54. The van der Waals surface area contributed by atoms with Crippen LogP contribution in [0.2, 0.25) is 0 Å². The Bertz CT molecular complexity index is 658. The highest BCUT2D eigenvalue weighted by Gasteiger charge is 2.41. The average molecular weight is 319 g/mol. The third-order valence-corrected chi connectivity index (χ3v) is 2.66. The van der Waals surface area contributed by atoms with Gasteiger partial charge in [-0.1, -0.05) is 0 Å². The van der Waals surface area contributed by atoms with E-state index in [1.165, 1.54) is 24.5 Å². The largest absolute Gasteiger partial charge is 0.487 e. The van der Waals surface area contributed by atoms with Gasteiger partial charge in [-0.3, -0.25) is 10.1 Å². The zero-order valence-corrected chi connectivity index (χ0v) is 10.8. The van der Waals surface area contributed by atoms with Gasteiger partial charge in [0.05, 0.1) is 17.3 Å². The van der Waals surface area contributed by atoms with Crippen LogP contribution < -0.4 is 4.74 Å². The van der Waals surface area contributed by atoms with E-state index in [0.29, 0.717) is 0 Å². The lowest BCUT2D eigenvalue weighted by molar-refractivity contribution is -0.384. The second-order valence-corrected chi connectivity index (χ2v) is 4.30. The molecule has 2 aromatic rings. The van der Waals surface area contributed by atoms with Crippen LogP contribution in [0.1, 0.15) is 0 Å². The summed E-state index contributed by atoms with van der Waals surface area (Å²) < 4.78 is 59.5. The summed E-state index contributed by atoms with van der Waals surface area (Å²) >= 11 is 0. The molecule has 0 saturated heterocycles. The Morgan fingerprint density at radius 3 is 2.59 bits per heavy atom. The summed E-state index contributed by atoms with van der Waals surface area (Å²) in [7, 11) is 0. The minimum atomic E-state index is -4.35. The molecule has 0 fully saturated rings. The molecule has 0 aliphatic carbocycles. The number of rotatable bonds is 6. The van der Waals surface area contributed by atoms with Crippen LogP contribution in [0.25, 0.3) is 11.3 Å². The Hall–Kier alpha value is -2.58. The van der Waals surface area contributed by atoms with E-state index in [4.69, 9.17) is 4.42 Å². The number of nitro benzene ring substituents is 1. The highest BCUT2D eigenvalue weighted by Crippen LogP contribution is 2.31. The molecule has 0 radical (unpaired) electrons. The van der Waals surface area contributed by atoms with E-state index in [2.05, 4.69) is 4.74 Å². The maximum Gasteiger partial charge on any atom is 0.340 e. The lowest BCUT2D eigenvalue weighted by atomic mass is 10.1. The zero-order valence-electron chi connectivity index (χ0n) is 10.8. The van der Waals surface area contributed by atoms with Gasteiger partial charge in [0.2, 0.25) is 0 Å². The van der Waals surface area contributed by atoms with Gasteiger partial charge in [-0.15, -0.1) is 0 Å². The molecule has 1 aromatic carbocycles. The lowest BCUT2D eigenvalue weighted by Gasteiger charge is -2.16. The number of nitrogens with zero attached hydrogens (tertiary/aromatic N) is 1. The van der Waals surface area contributed by atoms with Crippen molar-refractivity contribution in [3.8, 4) is 17.1 Å². The van der Waals surface area contributed by atoms with Crippen molar-refractivity contribution in [2.45, 2.75) is 12.3 Å². The van der Waals surface area contributed by atoms with Crippen molar-refractivity contribution in [2.75, 3.05) is 6.61 Å². The van der Waals surface area contributed by atoms with Gasteiger partial charge >= 0.3 is 12.3 Å². The van der Waals surface area contributed by atoms with Gasteiger partial charge in [0.25, 0.3) is 5.69 Å². The summed E-state index contributed by atoms with van der Waals surface area (Å²) in [5.41, 5.74) is -0.237. The molecular formula is C13H9F4NO4. The van der Waals surface area contributed by atoms with E-state index in [-0.39, 0.29) is 17.1 Å². The Kier molecular flexibility index (Phi) is 4.34. The van der Waals surface area contributed by atoms with E-state index in [1.54, 1.807) is 0 Å². The molecule has 2 rings (SSSR count). The molecule has 22 heavy (non-hydrogen) atoms. The van der Waals surface area contributed by atoms with Crippen molar-refractivity contribution >= 4 is 5.69 Å². The van der Waals surface area contributed by atoms with Crippen molar-refractivity contribution in [1.82, 2.24) is 0 Å². The first-order chi connectivity index (χ1) is 10.3. The molecule has 0 aliphatic heterocycles. The minimum absolute atomic E-state index is 0.203. The highest BCUT2D eigenvalue weighted by atomic mass is 19.3. The number of hydrogen-bond acceptors (Lipinski definition) is 4. The Balaban J connectivity index is 2.29. The Morgan fingerprint density at radius 2 is 2.05 bits per heavy atom. The first-order valence-corrected chi connectivity index (χ1v) is 5.92. The van der Waals surface area contributed by atoms with Crippen molar-refractivity contribution in [1.29, 1.82) is 0 Å². The van der Waals surface area contributed by atoms with Crippen LogP contribution in [0.3, 0.4) is 0 Å². The van der Waals surface area contributed by atoms with E-state index >= 15 is 0 Å². The van der Waals surface area contributed by atoms with Gasteiger partial charge in [0.15, 0.2) is 6.61 Å². The number of non-ortho nitro benzene ring substituents is 1. The standard InChI is InChI=1S/C13H9F4NO4/c14-12(15)13(16,17)7-22-10-5-8(11-2-1-3-21-11)4-9(6-10)18(19)20/h1-6,12H,7H2. The molecule has 1 heterocycles. The normalized spacial score (nSPS) is 11.7. The van der Waals surface area contributed by atoms with Crippen LogP contribution in [-0.2, 0) is 0 Å². The van der Waals surface area contributed by atoms with Gasteiger partial charge in [-0.2, -0.15) is 8.78 Å². The van der Waals surface area contributed by atoms with E-state index < -0.39 is 29.6 Å². The second-order valence-electron chi connectivity index (χ2n) is 4.30. The summed E-state index contributed by atoms with van der Waals surface area (Å²) in [6, 6.07) is 6.23. The fourth-order valence-corrected chi connectivity index (χ4v) is 1.60. The number of hydrogen-bond donors (Lipinski definition) is 0. The molecule has 0 unspecified atom stereocenters. The molecule has 0 atom stereocenters. The molecule has 9 heteroatoms. The van der Waals surface area contributed by atoms with Crippen molar-refractivity contribution < 1.29 is 31.6 Å². The fraction of sp³-hybridized carbons (Fsp3) is 0.231. The Labute approximate surface area is 121 Å². The van der Waals surface area contributed by atoms with Crippen LogP contribution in [0.5, 0.6) is 5.75 Å². The van der Waals surface area contributed by atoms with E-state index in [0.717, 1.165) is 12.1 Å². The topological polar surface area (TPSA) is 65.5 Å². The van der Waals surface area contributed by atoms with Gasteiger partial charge in [-0.05, 0) is 18.2 Å². The SMILES string of the molecule is O=[N+]([O-])c1cc(OCC(F)(F)C(F)F)cc(-c2ccco2)c1. The van der Waals surface area contributed by atoms with Crippen LogP contribution in [0.15, 0.2) is 41.0 Å². The molecule has 0 aliphatic rings. The molecule has 0 amide bonds. The number of nitro groups is 1. The fourth-order valence-electron chi connectivity index (χ4n) is 1.60.